The third-order valence-corrected chi connectivity index (χ3v) is 2.80. The molecule has 0 spiro atoms. The van der Waals surface area contributed by atoms with Crippen LogP contribution in [0.2, 0.25) is 0 Å². The Morgan fingerprint density at radius 1 is 1.63 bits per heavy atom. The van der Waals surface area contributed by atoms with Crippen molar-refractivity contribution in [2.24, 2.45) is 5.16 Å². The average Bonchev–Trinajstić information content (AvgIpc) is 2.94. The summed E-state index contributed by atoms with van der Waals surface area (Å²) in [5.74, 6) is 0.533. The van der Waals surface area contributed by atoms with Crippen molar-refractivity contribution in [3.8, 4) is 5.75 Å². The summed E-state index contributed by atoms with van der Waals surface area (Å²) >= 11 is 0. The fraction of sp³-hybridized carbons (Fsp3) is 0.286. The molecule has 1 amide bonds. The van der Waals surface area contributed by atoms with Gasteiger partial charge in [0, 0.05) is 18.5 Å². The summed E-state index contributed by atoms with van der Waals surface area (Å²) in [5, 5.41) is 6.66. The number of oxime groups is 1. The molecule has 0 radical (unpaired) electrons. The molecule has 0 fully saturated rings. The minimum Gasteiger partial charge on any atom is -0.496 e. The van der Waals surface area contributed by atoms with Crippen LogP contribution in [0, 0.1) is 0 Å². The first kappa shape index (κ1) is 13.1. The molecule has 1 aliphatic heterocycles. The number of hydrogen-bond donors (Lipinski definition) is 1. The van der Waals surface area contributed by atoms with E-state index in [0.717, 1.165) is 17.0 Å². The van der Waals surface area contributed by atoms with E-state index >= 15 is 0 Å². The molecule has 5 nitrogen and oxygen atoms in total. The number of methoxy groups -OCH3 is 1. The van der Waals surface area contributed by atoms with Gasteiger partial charge in [-0.2, -0.15) is 0 Å². The summed E-state index contributed by atoms with van der Waals surface area (Å²) in [6, 6.07) is 7.52. The normalized spacial score (nSPS) is 17.3. The Morgan fingerprint density at radius 2 is 2.42 bits per heavy atom. The van der Waals surface area contributed by atoms with E-state index in [4.69, 9.17) is 9.57 Å². The summed E-state index contributed by atoms with van der Waals surface area (Å²) in [4.78, 5) is 16.9. The van der Waals surface area contributed by atoms with E-state index in [1.165, 1.54) is 0 Å². The molecule has 1 aromatic rings. The molecule has 0 unspecified atom stereocenters. The van der Waals surface area contributed by atoms with Gasteiger partial charge in [-0.25, -0.2) is 0 Å². The van der Waals surface area contributed by atoms with Crippen LogP contribution in [0.25, 0.3) is 0 Å². The first-order valence-corrected chi connectivity index (χ1v) is 6.01. The molecule has 1 aromatic carbocycles. The second kappa shape index (κ2) is 6.04. The van der Waals surface area contributed by atoms with Crippen LogP contribution < -0.4 is 10.1 Å². The second-order valence-corrected chi connectivity index (χ2v) is 4.07. The highest BCUT2D eigenvalue weighted by Crippen LogP contribution is 2.24. The molecule has 1 atom stereocenters. The molecule has 0 saturated heterocycles. The highest BCUT2D eigenvalue weighted by molar-refractivity contribution is 6.05. The van der Waals surface area contributed by atoms with E-state index in [2.05, 4.69) is 17.1 Å². The van der Waals surface area contributed by atoms with Crippen LogP contribution in [0.3, 0.4) is 0 Å². The van der Waals surface area contributed by atoms with Crippen molar-refractivity contribution in [1.82, 2.24) is 5.32 Å². The first-order valence-electron chi connectivity index (χ1n) is 6.01. The van der Waals surface area contributed by atoms with Crippen molar-refractivity contribution in [2.45, 2.75) is 12.5 Å². The van der Waals surface area contributed by atoms with E-state index in [9.17, 15) is 4.79 Å². The van der Waals surface area contributed by atoms with Crippen molar-refractivity contribution >= 4 is 11.6 Å². The molecule has 100 valence electrons. The van der Waals surface area contributed by atoms with Crippen LogP contribution in [-0.4, -0.2) is 31.4 Å². The number of nitrogens with one attached hydrogen (secondary N) is 1. The molecule has 5 heteroatoms. The molecule has 1 aliphatic rings. The van der Waals surface area contributed by atoms with E-state index in [0.29, 0.717) is 13.0 Å². The Bertz CT molecular complexity index is 511. The number of nitrogens with zero attached hydrogens (tertiary/aromatic N) is 1. The molecular formula is C14H16N2O3. The van der Waals surface area contributed by atoms with Gasteiger partial charge in [-0.3, -0.25) is 4.79 Å². The van der Waals surface area contributed by atoms with Gasteiger partial charge >= 0.3 is 0 Å². The van der Waals surface area contributed by atoms with Crippen LogP contribution in [0.15, 0.2) is 42.1 Å². The van der Waals surface area contributed by atoms with Gasteiger partial charge in [0.15, 0.2) is 0 Å². The van der Waals surface area contributed by atoms with Crippen molar-refractivity contribution in [3.05, 3.63) is 42.5 Å². The Hall–Kier alpha value is -2.30. The molecule has 0 saturated carbocycles. The minimum absolute atomic E-state index is 0.187. The molecule has 0 aromatic heterocycles. The number of para-hydroxylation sites is 1. The van der Waals surface area contributed by atoms with E-state index in [1.807, 2.05) is 24.3 Å². The molecular weight excluding hydrogens is 244 g/mol. The van der Waals surface area contributed by atoms with Gasteiger partial charge in [0.05, 0.1) is 12.8 Å². The summed E-state index contributed by atoms with van der Waals surface area (Å²) < 4.78 is 5.27. The SMILES string of the molecule is C=CCNC(=O)[C@H]1CC(c2ccccc2OC)=NO1. The maximum Gasteiger partial charge on any atom is 0.264 e. The Kier molecular flexibility index (Phi) is 4.18. The second-order valence-electron chi connectivity index (χ2n) is 4.07. The number of rotatable bonds is 5. The third-order valence-electron chi connectivity index (χ3n) is 2.80. The predicted octanol–water partition coefficient (Wildman–Crippen LogP) is 1.49. The first-order chi connectivity index (χ1) is 9.26. The zero-order valence-electron chi connectivity index (χ0n) is 10.8. The van der Waals surface area contributed by atoms with Gasteiger partial charge in [-0.15, -0.1) is 6.58 Å². The predicted molar refractivity (Wildman–Crippen MR) is 72.2 cm³/mol. The Labute approximate surface area is 111 Å². The summed E-state index contributed by atoms with van der Waals surface area (Å²) in [6.45, 7) is 3.96. The lowest BCUT2D eigenvalue weighted by Crippen LogP contribution is -2.34. The van der Waals surface area contributed by atoms with E-state index < -0.39 is 6.10 Å². The smallest absolute Gasteiger partial charge is 0.264 e. The van der Waals surface area contributed by atoms with E-state index in [1.54, 1.807) is 13.2 Å². The van der Waals surface area contributed by atoms with Gasteiger partial charge in [0.25, 0.3) is 5.91 Å². The lowest BCUT2D eigenvalue weighted by atomic mass is 10.0. The highest BCUT2D eigenvalue weighted by Gasteiger charge is 2.29. The summed E-state index contributed by atoms with van der Waals surface area (Å²) in [7, 11) is 1.60. The fourth-order valence-electron chi connectivity index (χ4n) is 1.85. The highest BCUT2D eigenvalue weighted by atomic mass is 16.6. The number of hydrogen-bond acceptors (Lipinski definition) is 4. The third kappa shape index (κ3) is 2.93. The lowest BCUT2D eigenvalue weighted by Gasteiger charge is -2.08. The zero-order chi connectivity index (χ0) is 13.7. The number of carbonyl (C=O) groups is 1. The van der Waals surface area contributed by atoms with Crippen LogP contribution in [0.1, 0.15) is 12.0 Å². The fourth-order valence-corrected chi connectivity index (χ4v) is 1.85. The van der Waals surface area contributed by atoms with Crippen LogP contribution in [-0.2, 0) is 9.63 Å². The minimum atomic E-state index is -0.583. The van der Waals surface area contributed by atoms with Gasteiger partial charge in [0.1, 0.15) is 5.75 Å². The number of benzene rings is 1. The molecule has 1 N–H and O–H groups in total. The van der Waals surface area contributed by atoms with Crippen molar-refractivity contribution in [1.29, 1.82) is 0 Å². The zero-order valence-corrected chi connectivity index (χ0v) is 10.8. The average molecular weight is 260 g/mol. The van der Waals surface area contributed by atoms with Crippen molar-refractivity contribution < 1.29 is 14.4 Å². The molecule has 0 aliphatic carbocycles. The maximum atomic E-state index is 11.7. The van der Waals surface area contributed by atoms with E-state index in [-0.39, 0.29) is 5.91 Å². The standard InChI is InChI=1S/C14H16N2O3/c1-3-8-15-14(17)13-9-11(16-19-13)10-6-4-5-7-12(10)18-2/h3-7,13H,1,8-9H2,2H3,(H,15,17)/t13-/m1/s1. The number of carbonyl (C=O) groups excluding carboxylic acids is 1. The lowest BCUT2D eigenvalue weighted by molar-refractivity contribution is -0.130. The summed E-state index contributed by atoms with van der Waals surface area (Å²) in [5.41, 5.74) is 1.57. The Balaban J connectivity index is 2.05. The van der Waals surface area contributed by atoms with Crippen LogP contribution in [0.4, 0.5) is 0 Å². The Morgan fingerprint density at radius 3 is 3.16 bits per heavy atom. The molecule has 0 bridgehead atoms. The monoisotopic (exact) mass is 260 g/mol. The van der Waals surface area contributed by atoms with Crippen LogP contribution >= 0.6 is 0 Å². The van der Waals surface area contributed by atoms with Crippen molar-refractivity contribution in [3.63, 3.8) is 0 Å². The van der Waals surface area contributed by atoms with Gasteiger partial charge < -0.3 is 14.9 Å². The largest absolute Gasteiger partial charge is 0.496 e. The van der Waals surface area contributed by atoms with Gasteiger partial charge in [-0.05, 0) is 12.1 Å². The topological polar surface area (TPSA) is 59.9 Å². The van der Waals surface area contributed by atoms with Crippen molar-refractivity contribution in [2.75, 3.05) is 13.7 Å². The number of ether oxygens (including phenoxy) is 1. The van der Waals surface area contributed by atoms with Gasteiger partial charge in [-0.1, -0.05) is 23.4 Å². The molecule has 1 heterocycles. The molecule has 2 rings (SSSR count). The quantitative estimate of drug-likeness (QED) is 0.816. The molecule has 19 heavy (non-hydrogen) atoms. The maximum absolute atomic E-state index is 11.7. The number of amides is 1. The van der Waals surface area contributed by atoms with Crippen LogP contribution in [0.5, 0.6) is 5.75 Å². The summed E-state index contributed by atoms with van der Waals surface area (Å²) in [6.07, 6.45) is 1.47. The van der Waals surface area contributed by atoms with Gasteiger partial charge in [0.2, 0.25) is 6.10 Å².